The lowest BCUT2D eigenvalue weighted by Crippen LogP contribution is -2.34. The Balaban J connectivity index is 1.91. The maximum Gasteiger partial charge on any atom is 0.253 e. The highest BCUT2D eigenvalue weighted by Gasteiger charge is 2.17. The van der Waals surface area contributed by atoms with Crippen LogP contribution in [0.4, 0.5) is 0 Å². The summed E-state index contributed by atoms with van der Waals surface area (Å²) in [7, 11) is 1.47. The van der Waals surface area contributed by atoms with Crippen LogP contribution in [-0.2, 0) is 22.6 Å². The highest BCUT2D eigenvalue weighted by atomic mass is 16.5. The van der Waals surface area contributed by atoms with Gasteiger partial charge < -0.3 is 19.0 Å². The molecular formula is C19H20N2O4. The quantitative estimate of drug-likeness (QED) is 0.748. The monoisotopic (exact) mass is 340 g/mol. The molecule has 0 saturated carbocycles. The predicted octanol–water partition coefficient (Wildman–Crippen LogP) is 2.60. The minimum Gasteiger partial charge on any atom is -0.467 e. The van der Waals surface area contributed by atoms with E-state index in [1.807, 2.05) is 31.2 Å². The average molecular weight is 340 g/mol. The van der Waals surface area contributed by atoms with Gasteiger partial charge in [0.2, 0.25) is 5.91 Å². The topological polar surface area (TPSA) is 75.5 Å². The standard InChI is InChI=1S/C19H20N2O4/c1-13-5-6-14-9-15(19(23)20-17(14)8-13)10-21(18(22)12-24-2)11-16-4-3-7-25-16/h3-9H,10-12H2,1-2H3,(H,20,23). The number of furan rings is 1. The van der Waals surface area contributed by atoms with Crippen molar-refractivity contribution in [2.24, 2.45) is 0 Å². The lowest BCUT2D eigenvalue weighted by Gasteiger charge is -2.21. The summed E-state index contributed by atoms with van der Waals surface area (Å²) in [4.78, 5) is 29.2. The third-order valence-corrected chi connectivity index (χ3v) is 3.99. The molecule has 130 valence electrons. The van der Waals surface area contributed by atoms with Crippen molar-refractivity contribution < 1.29 is 13.9 Å². The molecule has 6 nitrogen and oxygen atoms in total. The predicted molar refractivity (Wildman–Crippen MR) is 94.1 cm³/mol. The molecule has 6 heteroatoms. The van der Waals surface area contributed by atoms with Crippen LogP contribution in [0.2, 0.25) is 0 Å². The number of pyridine rings is 1. The van der Waals surface area contributed by atoms with E-state index >= 15 is 0 Å². The summed E-state index contributed by atoms with van der Waals surface area (Å²) in [5.74, 6) is 0.444. The van der Waals surface area contributed by atoms with Gasteiger partial charge in [0.15, 0.2) is 0 Å². The Labute approximate surface area is 145 Å². The lowest BCUT2D eigenvalue weighted by molar-refractivity contribution is -0.136. The summed E-state index contributed by atoms with van der Waals surface area (Å²) in [6, 6.07) is 11.2. The molecule has 25 heavy (non-hydrogen) atoms. The molecule has 0 saturated heterocycles. The molecule has 1 amide bonds. The van der Waals surface area contributed by atoms with Gasteiger partial charge >= 0.3 is 0 Å². The van der Waals surface area contributed by atoms with Gasteiger partial charge in [0, 0.05) is 18.2 Å². The number of fused-ring (bicyclic) bond motifs is 1. The molecule has 1 N–H and O–H groups in total. The molecule has 2 heterocycles. The number of aromatic amines is 1. The number of H-pyrrole nitrogens is 1. The highest BCUT2D eigenvalue weighted by molar-refractivity contribution is 5.80. The van der Waals surface area contributed by atoms with Gasteiger partial charge in [-0.05, 0) is 42.1 Å². The fourth-order valence-corrected chi connectivity index (χ4v) is 2.72. The highest BCUT2D eigenvalue weighted by Crippen LogP contribution is 2.15. The molecule has 0 aliphatic carbocycles. The van der Waals surface area contributed by atoms with Crippen molar-refractivity contribution in [2.45, 2.75) is 20.0 Å². The van der Waals surface area contributed by atoms with Crippen LogP contribution in [0, 0.1) is 6.92 Å². The normalized spacial score (nSPS) is 11.0. The minimum atomic E-state index is -0.206. The van der Waals surface area contributed by atoms with Gasteiger partial charge in [-0.15, -0.1) is 0 Å². The van der Waals surface area contributed by atoms with E-state index in [0.29, 0.717) is 11.3 Å². The van der Waals surface area contributed by atoms with Gasteiger partial charge in [0.05, 0.1) is 19.4 Å². The number of hydrogen-bond acceptors (Lipinski definition) is 4. The van der Waals surface area contributed by atoms with Crippen LogP contribution < -0.4 is 5.56 Å². The van der Waals surface area contributed by atoms with Gasteiger partial charge in [-0.25, -0.2) is 0 Å². The van der Waals surface area contributed by atoms with Crippen LogP contribution in [0.3, 0.4) is 0 Å². The molecule has 0 bridgehead atoms. The molecule has 2 aromatic heterocycles. The molecule has 1 aromatic carbocycles. The van der Waals surface area contributed by atoms with Crippen molar-refractivity contribution in [3.63, 3.8) is 0 Å². The van der Waals surface area contributed by atoms with E-state index < -0.39 is 0 Å². The van der Waals surface area contributed by atoms with Gasteiger partial charge in [0.25, 0.3) is 5.56 Å². The Morgan fingerprint density at radius 1 is 1.24 bits per heavy atom. The van der Waals surface area contributed by atoms with E-state index in [1.165, 1.54) is 7.11 Å². The van der Waals surface area contributed by atoms with E-state index in [4.69, 9.17) is 9.15 Å². The second kappa shape index (κ2) is 7.36. The van der Waals surface area contributed by atoms with Crippen LogP contribution >= 0.6 is 0 Å². The van der Waals surface area contributed by atoms with Gasteiger partial charge in [0.1, 0.15) is 12.4 Å². The molecule has 0 fully saturated rings. The van der Waals surface area contributed by atoms with E-state index in [-0.39, 0.29) is 31.2 Å². The summed E-state index contributed by atoms with van der Waals surface area (Å²) < 4.78 is 10.3. The molecular weight excluding hydrogens is 320 g/mol. The second-order valence-corrected chi connectivity index (χ2v) is 5.98. The number of benzene rings is 1. The van der Waals surface area contributed by atoms with Crippen molar-refractivity contribution in [3.05, 3.63) is 69.9 Å². The van der Waals surface area contributed by atoms with Crippen molar-refractivity contribution in [1.29, 1.82) is 0 Å². The SMILES string of the molecule is COCC(=O)N(Cc1ccco1)Cc1cc2ccc(C)cc2[nH]c1=O. The third-order valence-electron chi connectivity index (χ3n) is 3.99. The number of methoxy groups -OCH3 is 1. The van der Waals surface area contributed by atoms with Gasteiger partial charge in [-0.2, -0.15) is 0 Å². The number of nitrogens with zero attached hydrogens (tertiary/aromatic N) is 1. The molecule has 0 unspecified atom stereocenters. The van der Waals surface area contributed by atoms with E-state index in [0.717, 1.165) is 16.5 Å². The van der Waals surface area contributed by atoms with Crippen LogP contribution in [-0.4, -0.2) is 29.5 Å². The van der Waals surface area contributed by atoms with Crippen LogP contribution in [0.15, 0.2) is 51.9 Å². The minimum absolute atomic E-state index is 0.0502. The number of nitrogens with one attached hydrogen (secondary N) is 1. The van der Waals surface area contributed by atoms with Crippen molar-refractivity contribution >= 4 is 16.8 Å². The van der Waals surface area contributed by atoms with Crippen molar-refractivity contribution in [2.75, 3.05) is 13.7 Å². The fraction of sp³-hybridized carbons (Fsp3) is 0.263. The first-order chi connectivity index (χ1) is 12.1. The number of aromatic nitrogens is 1. The van der Waals surface area contributed by atoms with Crippen LogP contribution in [0.25, 0.3) is 10.9 Å². The van der Waals surface area contributed by atoms with Crippen LogP contribution in [0.1, 0.15) is 16.9 Å². The van der Waals surface area contributed by atoms with Crippen molar-refractivity contribution in [1.82, 2.24) is 9.88 Å². The van der Waals surface area contributed by atoms with E-state index in [2.05, 4.69) is 4.98 Å². The zero-order chi connectivity index (χ0) is 17.8. The van der Waals surface area contributed by atoms with E-state index in [1.54, 1.807) is 23.3 Å². The number of hydrogen-bond donors (Lipinski definition) is 1. The van der Waals surface area contributed by atoms with Crippen LogP contribution in [0.5, 0.6) is 0 Å². The number of carbonyl (C=O) groups is 1. The molecule has 0 aliphatic rings. The Morgan fingerprint density at radius 3 is 2.80 bits per heavy atom. The Hall–Kier alpha value is -2.86. The summed E-state index contributed by atoms with van der Waals surface area (Å²) in [5, 5.41) is 0.928. The first-order valence-electron chi connectivity index (χ1n) is 7.98. The Morgan fingerprint density at radius 2 is 2.08 bits per heavy atom. The number of ether oxygens (including phenoxy) is 1. The molecule has 0 spiro atoms. The second-order valence-electron chi connectivity index (χ2n) is 5.98. The third kappa shape index (κ3) is 3.97. The largest absolute Gasteiger partial charge is 0.467 e. The van der Waals surface area contributed by atoms with Crippen molar-refractivity contribution in [3.8, 4) is 0 Å². The maximum atomic E-state index is 12.4. The number of carbonyl (C=O) groups excluding carboxylic acids is 1. The van der Waals surface area contributed by atoms with Gasteiger partial charge in [-0.3, -0.25) is 9.59 Å². The summed E-state index contributed by atoms with van der Waals surface area (Å²) >= 11 is 0. The fourth-order valence-electron chi connectivity index (χ4n) is 2.72. The Bertz CT molecular complexity index is 928. The summed E-state index contributed by atoms with van der Waals surface area (Å²) in [6.07, 6.45) is 1.56. The summed E-state index contributed by atoms with van der Waals surface area (Å²) in [6.45, 7) is 2.38. The lowest BCUT2D eigenvalue weighted by atomic mass is 10.1. The average Bonchev–Trinajstić information content (AvgIpc) is 3.08. The molecule has 0 radical (unpaired) electrons. The first kappa shape index (κ1) is 17.0. The van der Waals surface area contributed by atoms with Gasteiger partial charge in [-0.1, -0.05) is 12.1 Å². The first-order valence-corrected chi connectivity index (χ1v) is 7.98. The maximum absolute atomic E-state index is 12.4. The zero-order valence-electron chi connectivity index (χ0n) is 14.2. The number of rotatable bonds is 6. The smallest absolute Gasteiger partial charge is 0.253 e. The molecule has 3 aromatic rings. The Kier molecular flexibility index (Phi) is 5.00. The zero-order valence-corrected chi connectivity index (χ0v) is 14.2. The molecule has 3 rings (SSSR count). The summed E-state index contributed by atoms with van der Waals surface area (Å²) in [5.41, 5.74) is 2.18. The number of aryl methyl sites for hydroxylation is 1. The molecule has 0 aliphatic heterocycles. The van der Waals surface area contributed by atoms with E-state index in [9.17, 15) is 9.59 Å². The molecule has 0 atom stereocenters. The number of amides is 1.